The molecule has 0 bridgehead atoms. The monoisotopic (exact) mass is 468 g/mol. The molecule has 0 spiro atoms. The molecular formula is H2Bi2OS. The summed E-state index contributed by atoms with van der Waals surface area (Å²) >= 11 is 0.944. The molecule has 1 nitrogen and oxygen atoms in total. The quantitative estimate of drug-likeness (QED) is 0.435. The van der Waals surface area contributed by atoms with Crippen LogP contribution >= 0.6 is 8.86 Å². The molecule has 0 unspecified atom stereocenters. The van der Waals surface area contributed by atoms with E-state index in [4.69, 9.17) is 2.81 Å². The summed E-state index contributed by atoms with van der Waals surface area (Å²) in [4.78, 5) is 0. The van der Waals surface area contributed by atoms with Crippen LogP contribution in [0.1, 0.15) is 0 Å². The van der Waals surface area contributed by atoms with Crippen molar-refractivity contribution in [3.63, 3.8) is 0 Å². The molecule has 0 saturated carbocycles. The Morgan fingerprint density at radius 2 is 1.25 bits per heavy atom. The van der Waals surface area contributed by atoms with Gasteiger partial charge in [0.15, 0.2) is 0 Å². The summed E-state index contributed by atoms with van der Waals surface area (Å²) in [6, 6.07) is 0. The summed E-state index contributed by atoms with van der Waals surface area (Å²) in [7, 11) is 4.22. The first kappa shape index (κ1) is 9.25. The summed E-state index contributed by atoms with van der Waals surface area (Å²) in [6.07, 6.45) is 0. The molecule has 4 heteroatoms. The molecule has 0 N–H and O–H groups in total. The Morgan fingerprint density at radius 3 is 1.25 bits per heavy atom. The van der Waals surface area contributed by atoms with Gasteiger partial charge in [-0.05, 0) is 0 Å². The third-order valence-electron chi connectivity index (χ3n) is 0. The van der Waals surface area contributed by atoms with E-state index in [0.717, 1.165) is 22.7 Å². The fourth-order valence-corrected chi connectivity index (χ4v) is 0. The molecule has 0 heterocycles. The van der Waals surface area contributed by atoms with Crippen molar-refractivity contribution in [1.82, 2.24) is 0 Å². The van der Waals surface area contributed by atoms with Crippen LogP contribution in [0, 0.1) is 0 Å². The van der Waals surface area contributed by atoms with E-state index in [1.807, 2.05) is 0 Å². The average molecular weight is 468 g/mol. The predicted molar refractivity (Wildman–Crippen MR) is 22.6 cm³/mol. The zero-order valence-electron chi connectivity index (χ0n) is 1.82. The summed E-state index contributed by atoms with van der Waals surface area (Å²) in [5.74, 6) is 0. The molecule has 0 radical (unpaired) electrons. The molecule has 0 aliphatic rings. The van der Waals surface area contributed by atoms with E-state index in [0.29, 0.717) is 0 Å². The first-order chi connectivity index (χ1) is 2.00. The third kappa shape index (κ3) is 9.21. The van der Waals surface area contributed by atoms with E-state index in [1.54, 1.807) is 0 Å². The van der Waals surface area contributed by atoms with Gasteiger partial charge in [0, 0.05) is 0 Å². The zero-order chi connectivity index (χ0) is 4.00. The Morgan fingerprint density at radius 1 is 1.25 bits per heavy atom. The topological polar surface area (TPSA) is 17.1 Å². The molecule has 0 rings (SSSR count). The van der Waals surface area contributed by atoms with Crippen LogP contribution in [0.3, 0.4) is 0 Å². The maximum atomic E-state index is 8.39. The van der Waals surface area contributed by atoms with Gasteiger partial charge in [0.2, 0.25) is 0 Å². The number of hydrogen-bond donors (Lipinski definition) is 0. The normalized spacial score (nSPS) is 2.00. The van der Waals surface area contributed by atoms with E-state index in [1.165, 1.54) is 0 Å². The van der Waals surface area contributed by atoms with Gasteiger partial charge in [-0.1, -0.05) is 0 Å². The van der Waals surface area contributed by atoms with E-state index < -0.39 is 0 Å². The second-order valence-electron chi connectivity index (χ2n) is 0. The van der Waals surface area contributed by atoms with Crippen LogP contribution in [-0.2, 0) is 2.81 Å². The second-order valence-corrected chi connectivity index (χ2v) is 0. The summed E-state index contributed by atoms with van der Waals surface area (Å²) < 4.78 is 8.39. The van der Waals surface area contributed by atoms with Crippen molar-refractivity contribution < 1.29 is 2.81 Å². The number of rotatable bonds is 0. The van der Waals surface area contributed by atoms with Crippen LogP contribution in [0.2, 0.25) is 0 Å². The first-order valence-electron chi connectivity index (χ1n) is 0.408. The van der Waals surface area contributed by atoms with Gasteiger partial charge < -0.3 is 0 Å². The fourth-order valence-electron chi connectivity index (χ4n) is 0. The summed E-state index contributed by atoms with van der Waals surface area (Å²) in [6.45, 7) is 0. The molecule has 0 atom stereocenters. The van der Waals surface area contributed by atoms with Gasteiger partial charge in [0.1, 0.15) is 0 Å². The van der Waals surface area contributed by atoms with Crippen LogP contribution in [-0.4, -0.2) is 47.4 Å². The van der Waals surface area contributed by atoms with Gasteiger partial charge in [0.25, 0.3) is 0 Å². The van der Waals surface area contributed by atoms with Gasteiger partial charge in [-0.25, -0.2) is 0 Å². The molecule has 0 fully saturated rings. The van der Waals surface area contributed by atoms with Gasteiger partial charge in [-0.2, -0.15) is 0 Å². The molecule has 0 aromatic rings. The Bertz CT molecular complexity index is 8.00. The van der Waals surface area contributed by atoms with E-state index in [9.17, 15) is 0 Å². The van der Waals surface area contributed by atoms with Crippen molar-refractivity contribution >= 4 is 56.3 Å². The molecule has 0 aliphatic heterocycles. The summed E-state index contributed by atoms with van der Waals surface area (Å²) in [5.41, 5.74) is 0. The fraction of sp³-hybridized carbons (Fsp3) is 0. The molecule has 0 amide bonds. The van der Waals surface area contributed by atoms with Crippen molar-refractivity contribution in [2.24, 2.45) is 0 Å². The molecule has 24 valence electrons. The zero-order valence-corrected chi connectivity index (χ0v) is 10.4. The van der Waals surface area contributed by atoms with E-state index >= 15 is 0 Å². The molecule has 0 aromatic carbocycles. The third-order valence-corrected chi connectivity index (χ3v) is 0. The molecule has 0 saturated heterocycles. The van der Waals surface area contributed by atoms with Gasteiger partial charge >= 0.3 is 59.1 Å². The Labute approximate surface area is 58.2 Å². The Kier molecular flexibility index (Phi) is 49.7. The molecule has 0 aromatic heterocycles. The van der Waals surface area contributed by atoms with Crippen LogP contribution < -0.4 is 0 Å². The Balaban J connectivity index is 0. The van der Waals surface area contributed by atoms with Gasteiger partial charge in [0.05, 0.1) is 0 Å². The molecular weight excluding hydrogens is 466 g/mol. The van der Waals surface area contributed by atoms with Crippen LogP contribution in [0.15, 0.2) is 0 Å². The summed E-state index contributed by atoms with van der Waals surface area (Å²) in [5, 5.41) is 0. The van der Waals surface area contributed by atoms with E-state index in [2.05, 4.69) is 8.86 Å². The average Bonchev–Trinajstić information content (AvgIpc) is 1.50. The van der Waals surface area contributed by atoms with Crippen molar-refractivity contribution in [3.05, 3.63) is 0 Å². The minimum atomic E-state index is 0.0556. The predicted octanol–water partition coefficient (Wildman–Crippen LogP) is -0.768. The standard InChI is InChI=1S/2Bi.O.S.2H. The SMILES string of the molecule is [O]=[BiH].[S]=[BiH]. The maximum absolute atomic E-state index is 8.39. The van der Waals surface area contributed by atoms with Gasteiger partial charge in [-0.15, -0.1) is 0 Å². The second kappa shape index (κ2) is 21.5. The van der Waals surface area contributed by atoms with Crippen molar-refractivity contribution in [2.45, 2.75) is 0 Å². The molecule has 4 heavy (non-hydrogen) atoms. The number of hydrogen-bond acceptors (Lipinski definition) is 2. The first-order valence-corrected chi connectivity index (χ1v) is 7.16. The van der Waals surface area contributed by atoms with Crippen LogP contribution in [0.5, 0.6) is 0 Å². The van der Waals surface area contributed by atoms with Crippen LogP contribution in [0.25, 0.3) is 0 Å². The van der Waals surface area contributed by atoms with Crippen molar-refractivity contribution in [2.75, 3.05) is 0 Å². The molecule has 0 aliphatic carbocycles. The van der Waals surface area contributed by atoms with Crippen molar-refractivity contribution in [1.29, 1.82) is 0 Å². The van der Waals surface area contributed by atoms with E-state index in [-0.39, 0.29) is 24.7 Å². The minimum absolute atomic E-state index is 0.0556. The van der Waals surface area contributed by atoms with Crippen LogP contribution in [0.4, 0.5) is 0 Å². The van der Waals surface area contributed by atoms with Gasteiger partial charge in [-0.3, -0.25) is 0 Å². The Hall–Kier alpha value is 1.79. The van der Waals surface area contributed by atoms with Crippen molar-refractivity contribution in [3.8, 4) is 0 Å².